The molecule has 1 unspecified atom stereocenters. The van der Waals surface area contributed by atoms with Gasteiger partial charge in [0.1, 0.15) is 6.26 Å². The molecule has 0 aromatic carbocycles. The van der Waals surface area contributed by atoms with E-state index < -0.39 is 0 Å². The van der Waals surface area contributed by atoms with Crippen molar-refractivity contribution in [1.82, 2.24) is 15.3 Å². The van der Waals surface area contributed by atoms with Crippen molar-refractivity contribution in [2.45, 2.75) is 13.0 Å². The molecule has 1 N–H and O–H groups in total. The number of rotatable bonds is 3. The topological polar surface area (TPSA) is 51.0 Å². The monoisotopic (exact) mass is 203 g/mol. The van der Waals surface area contributed by atoms with Crippen LogP contribution in [0, 0.1) is 0 Å². The van der Waals surface area contributed by atoms with E-state index in [4.69, 9.17) is 4.42 Å². The Balaban J connectivity index is 2.28. The lowest BCUT2D eigenvalue weighted by atomic mass is 10.2. The molecule has 0 bridgehead atoms. The number of oxazole rings is 1. The summed E-state index contributed by atoms with van der Waals surface area (Å²) >= 11 is 0. The Morgan fingerprint density at radius 3 is 2.73 bits per heavy atom. The average Bonchev–Trinajstić information content (AvgIpc) is 2.78. The highest BCUT2D eigenvalue weighted by Gasteiger charge is 2.10. The van der Waals surface area contributed by atoms with Crippen LogP contribution < -0.4 is 5.32 Å². The molecule has 0 aliphatic rings. The maximum atomic E-state index is 5.39. The Morgan fingerprint density at radius 1 is 1.33 bits per heavy atom. The molecule has 1 atom stereocenters. The summed E-state index contributed by atoms with van der Waals surface area (Å²) in [6, 6.07) is 3.95. The van der Waals surface area contributed by atoms with Gasteiger partial charge in [0, 0.05) is 24.0 Å². The first kappa shape index (κ1) is 9.86. The van der Waals surface area contributed by atoms with E-state index in [2.05, 4.69) is 15.3 Å². The van der Waals surface area contributed by atoms with Crippen LogP contribution in [0.25, 0.3) is 11.5 Å². The molecule has 78 valence electrons. The van der Waals surface area contributed by atoms with Gasteiger partial charge in [0.15, 0.2) is 0 Å². The fraction of sp³-hybridized carbons (Fsp3) is 0.273. The third-order valence-electron chi connectivity index (χ3n) is 2.33. The van der Waals surface area contributed by atoms with Crippen molar-refractivity contribution in [3.05, 3.63) is 36.5 Å². The zero-order chi connectivity index (χ0) is 10.7. The normalized spacial score (nSPS) is 12.7. The van der Waals surface area contributed by atoms with E-state index in [0.29, 0.717) is 5.89 Å². The second kappa shape index (κ2) is 4.23. The zero-order valence-electron chi connectivity index (χ0n) is 8.77. The SMILES string of the molecule is CNC(C)c1coc(-c2ccncc2)n1. The van der Waals surface area contributed by atoms with Crippen molar-refractivity contribution >= 4 is 0 Å². The van der Waals surface area contributed by atoms with Gasteiger partial charge in [-0.3, -0.25) is 4.98 Å². The fourth-order valence-corrected chi connectivity index (χ4v) is 1.26. The molecule has 2 heterocycles. The van der Waals surface area contributed by atoms with E-state index in [-0.39, 0.29) is 6.04 Å². The van der Waals surface area contributed by atoms with Gasteiger partial charge in [0.05, 0.1) is 5.69 Å². The van der Waals surface area contributed by atoms with E-state index in [1.807, 2.05) is 26.1 Å². The predicted molar refractivity (Wildman–Crippen MR) is 57.2 cm³/mol. The smallest absolute Gasteiger partial charge is 0.226 e. The Bertz CT molecular complexity index is 424. The lowest BCUT2D eigenvalue weighted by molar-refractivity contribution is 0.564. The molecule has 0 aliphatic carbocycles. The van der Waals surface area contributed by atoms with Gasteiger partial charge < -0.3 is 9.73 Å². The molecular formula is C11H13N3O. The van der Waals surface area contributed by atoms with Crippen molar-refractivity contribution in [1.29, 1.82) is 0 Å². The standard InChI is InChI=1S/C11H13N3O/c1-8(12-2)10-7-15-11(14-10)9-3-5-13-6-4-9/h3-8,12H,1-2H3. The summed E-state index contributed by atoms with van der Waals surface area (Å²) in [5, 5.41) is 3.11. The Hall–Kier alpha value is -1.68. The largest absolute Gasteiger partial charge is 0.444 e. The first-order valence-corrected chi connectivity index (χ1v) is 4.84. The third-order valence-corrected chi connectivity index (χ3v) is 2.33. The summed E-state index contributed by atoms with van der Waals surface area (Å²) in [6.45, 7) is 2.04. The van der Waals surface area contributed by atoms with Crippen molar-refractivity contribution in [2.75, 3.05) is 7.05 Å². The Labute approximate surface area is 88.4 Å². The van der Waals surface area contributed by atoms with Crippen LogP contribution in [0.5, 0.6) is 0 Å². The third kappa shape index (κ3) is 2.05. The quantitative estimate of drug-likeness (QED) is 0.829. The van der Waals surface area contributed by atoms with Gasteiger partial charge in [0.25, 0.3) is 0 Å². The Morgan fingerprint density at radius 2 is 2.07 bits per heavy atom. The van der Waals surface area contributed by atoms with Crippen LogP contribution in [0.1, 0.15) is 18.7 Å². The van der Waals surface area contributed by atoms with Crippen LogP contribution in [-0.4, -0.2) is 17.0 Å². The molecule has 0 radical (unpaired) electrons. The van der Waals surface area contributed by atoms with E-state index in [0.717, 1.165) is 11.3 Å². The van der Waals surface area contributed by atoms with E-state index in [1.165, 1.54) is 0 Å². The van der Waals surface area contributed by atoms with E-state index >= 15 is 0 Å². The molecule has 0 spiro atoms. The molecule has 2 aromatic rings. The highest BCUT2D eigenvalue weighted by atomic mass is 16.3. The lowest BCUT2D eigenvalue weighted by Crippen LogP contribution is -2.12. The molecule has 0 amide bonds. The maximum absolute atomic E-state index is 5.39. The number of hydrogen-bond acceptors (Lipinski definition) is 4. The van der Waals surface area contributed by atoms with Crippen molar-refractivity contribution in [3.8, 4) is 11.5 Å². The second-order valence-corrected chi connectivity index (χ2v) is 3.32. The van der Waals surface area contributed by atoms with Gasteiger partial charge in [0.2, 0.25) is 5.89 Å². The van der Waals surface area contributed by atoms with Crippen molar-refractivity contribution in [3.63, 3.8) is 0 Å². The molecule has 4 heteroatoms. The van der Waals surface area contributed by atoms with E-state index in [1.54, 1.807) is 18.7 Å². The summed E-state index contributed by atoms with van der Waals surface area (Å²) in [7, 11) is 1.89. The van der Waals surface area contributed by atoms with Crippen molar-refractivity contribution in [2.24, 2.45) is 0 Å². The highest BCUT2D eigenvalue weighted by Crippen LogP contribution is 2.20. The first-order valence-electron chi connectivity index (χ1n) is 4.84. The molecule has 2 aromatic heterocycles. The molecule has 15 heavy (non-hydrogen) atoms. The van der Waals surface area contributed by atoms with Gasteiger partial charge >= 0.3 is 0 Å². The minimum absolute atomic E-state index is 0.198. The van der Waals surface area contributed by atoms with Gasteiger partial charge in [-0.25, -0.2) is 4.98 Å². The van der Waals surface area contributed by atoms with Crippen molar-refractivity contribution < 1.29 is 4.42 Å². The average molecular weight is 203 g/mol. The Kier molecular flexibility index (Phi) is 2.78. The minimum atomic E-state index is 0.198. The molecule has 0 saturated heterocycles. The number of nitrogens with zero attached hydrogens (tertiary/aromatic N) is 2. The predicted octanol–water partition coefficient (Wildman–Crippen LogP) is 2.02. The summed E-state index contributed by atoms with van der Waals surface area (Å²) in [5.41, 5.74) is 1.85. The number of pyridine rings is 1. The maximum Gasteiger partial charge on any atom is 0.226 e. The highest BCUT2D eigenvalue weighted by molar-refractivity contribution is 5.51. The first-order chi connectivity index (χ1) is 7.31. The van der Waals surface area contributed by atoms with Crippen LogP contribution in [-0.2, 0) is 0 Å². The fourth-order valence-electron chi connectivity index (χ4n) is 1.26. The van der Waals surface area contributed by atoms with Crippen LogP contribution in [0.4, 0.5) is 0 Å². The molecule has 0 fully saturated rings. The number of aromatic nitrogens is 2. The summed E-state index contributed by atoms with van der Waals surface area (Å²) < 4.78 is 5.39. The molecular weight excluding hydrogens is 190 g/mol. The van der Waals surface area contributed by atoms with Gasteiger partial charge in [-0.05, 0) is 26.1 Å². The summed E-state index contributed by atoms with van der Waals surface area (Å²) in [6.07, 6.45) is 5.12. The minimum Gasteiger partial charge on any atom is -0.444 e. The van der Waals surface area contributed by atoms with Gasteiger partial charge in [-0.2, -0.15) is 0 Å². The summed E-state index contributed by atoms with van der Waals surface area (Å²) in [4.78, 5) is 8.34. The van der Waals surface area contributed by atoms with Crippen LogP contribution in [0.2, 0.25) is 0 Å². The van der Waals surface area contributed by atoms with E-state index in [9.17, 15) is 0 Å². The lowest BCUT2D eigenvalue weighted by Gasteiger charge is -2.03. The van der Waals surface area contributed by atoms with Crippen LogP contribution >= 0.6 is 0 Å². The number of hydrogen-bond donors (Lipinski definition) is 1. The second-order valence-electron chi connectivity index (χ2n) is 3.32. The van der Waals surface area contributed by atoms with Crippen LogP contribution in [0.3, 0.4) is 0 Å². The zero-order valence-corrected chi connectivity index (χ0v) is 8.77. The number of nitrogens with one attached hydrogen (secondary N) is 1. The summed E-state index contributed by atoms with van der Waals surface area (Å²) in [5.74, 6) is 0.634. The molecule has 0 saturated carbocycles. The van der Waals surface area contributed by atoms with Gasteiger partial charge in [-0.1, -0.05) is 0 Å². The molecule has 0 aliphatic heterocycles. The van der Waals surface area contributed by atoms with Crippen LogP contribution in [0.15, 0.2) is 35.2 Å². The molecule has 2 rings (SSSR count). The van der Waals surface area contributed by atoms with Gasteiger partial charge in [-0.15, -0.1) is 0 Å². The molecule has 4 nitrogen and oxygen atoms in total.